The van der Waals surface area contributed by atoms with E-state index < -0.39 is 17.8 Å². The average molecular weight is 500 g/mol. The van der Waals surface area contributed by atoms with Crippen LogP contribution in [0, 0.1) is 0 Å². The van der Waals surface area contributed by atoms with Crippen molar-refractivity contribution in [3.8, 4) is 22.1 Å². The molecular weight excluding hydrogens is 479 g/mol. The number of ether oxygens (including phenoxy) is 1. The van der Waals surface area contributed by atoms with E-state index >= 15 is 0 Å². The molecule has 0 aliphatic carbocycles. The van der Waals surface area contributed by atoms with Crippen molar-refractivity contribution < 1.29 is 22.7 Å². The van der Waals surface area contributed by atoms with Crippen molar-refractivity contribution in [3.05, 3.63) is 78.6 Å². The maximum Gasteiger partial charge on any atom is 0.416 e. The van der Waals surface area contributed by atoms with Gasteiger partial charge in [-0.1, -0.05) is 17.4 Å². The zero-order chi connectivity index (χ0) is 24.8. The fourth-order valence-electron chi connectivity index (χ4n) is 3.03. The van der Waals surface area contributed by atoms with E-state index in [0.29, 0.717) is 17.3 Å². The third kappa shape index (κ3) is 6.48. The number of rotatable bonds is 7. The fourth-order valence-corrected chi connectivity index (χ4v) is 3.92. The number of carbonyl (C=O) groups excluding carboxylic acids is 1. The molecule has 0 bridgehead atoms. The lowest BCUT2D eigenvalue weighted by atomic mass is 10.2. The van der Waals surface area contributed by atoms with Gasteiger partial charge < -0.3 is 20.7 Å². The number of alkyl halides is 3. The smallest absolute Gasteiger partial charge is 0.416 e. The highest BCUT2D eigenvalue weighted by atomic mass is 32.1. The minimum Gasteiger partial charge on any atom is -0.439 e. The van der Waals surface area contributed by atoms with Gasteiger partial charge in [0.1, 0.15) is 5.75 Å². The van der Waals surface area contributed by atoms with Gasteiger partial charge in [0, 0.05) is 24.5 Å². The number of nitrogens with one attached hydrogen (secondary N) is 3. The van der Waals surface area contributed by atoms with Crippen LogP contribution in [0.2, 0.25) is 0 Å². The fraction of sp³-hybridized carbons (Fsp3) is 0.125. The first-order valence-corrected chi connectivity index (χ1v) is 11.3. The second kappa shape index (κ2) is 10.4. The Labute approximate surface area is 203 Å². The summed E-state index contributed by atoms with van der Waals surface area (Å²) in [6, 6.07) is 14.3. The Hall–Kier alpha value is -4.12. The summed E-state index contributed by atoms with van der Waals surface area (Å²) in [4.78, 5) is 21.6. The molecule has 2 heterocycles. The zero-order valence-corrected chi connectivity index (χ0v) is 19.2. The number of aromatic nitrogens is 2. The van der Waals surface area contributed by atoms with E-state index in [2.05, 4.69) is 25.9 Å². The molecule has 4 aromatic rings. The first kappa shape index (κ1) is 24.0. The van der Waals surface area contributed by atoms with Gasteiger partial charge in [-0.05, 0) is 61.0 Å². The molecule has 2 aromatic heterocycles. The van der Waals surface area contributed by atoms with Crippen molar-refractivity contribution in [1.82, 2.24) is 9.97 Å². The molecule has 3 N–H and O–H groups in total. The molecule has 7 nitrogen and oxygen atoms in total. The number of urea groups is 1. The molecule has 0 radical (unpaired) electrons. The molecule has 0 atom stereocenters. The summed E-state index contributed by atoms with van der Waals surface area (Å²) in [5.41, 5.74) is 0.527. The van der Waals surface area contributed by atoms with Crippen LogP contribution in [0.25, 0.3) is 10.4 Å². The van der Waals surface area contributed by atoms with Gasteiger partial charge >= 0.3 is 12.2 Å². The van der Waals surface area contributed by atoms with Crippen LogP contribution < -0.4 is 20.7 Å². The van der Waals surface area contributed by atoms with Crippen LogP contribution in [0.1, 0.15) is 12.5 Å². The van der Waals surface area contributed by atoms with E-state index in [1.54, 1.807) is 23.5 Å². The van der Waals surface area contributed by atoms with Crippen LogP contribution in [0.3, 0.4) is 0 Å². The maximum absolute atomic E-state index is 12.8. The summed E-state index contributed by atoms with van der Waals surface area (Å²) in [5, 5.41) is 8.93. The molecule has 11 heteroatoms. The van der Waals surface area contributed by atoms with Crippen molar-refractivity contribution in [2.45, 2.75) is 13.1 Å². The summed E-state index contributed by atoms with van der Waals surface area (Å²) in [7, 11) is 0. The molecule has 0 unspecified atom stereocenters. The third-order valence-corrected chi connectivity index (χ3v) is 5.64. The van der Waals surface area contributed by atoms with Crippen molar-refractivity contribution in [1.29, 1.82) is 0 Å². The summed E-state index contributed by atoms with van der Waals surface area (Å²) < 4.78 is 44.2. The number of nitrogens with zero attached hydrogens (tertiary/aromatic N) is 2. The van der Waals surface area contributed by atoms with Gasteiger partial charge in [-0.25, -0.2) is 14.8 Å². The van der Waals surface area contributed by atoms with Crippen molar-refractivity contribution in [3.63, 3.8) is 0 Å². The number of hydrogen-bond donors (Lipinski definition) is 3. The average Bonchev–Trinajstić information content (AvgIpc) is 3.29. The quantitative estimate of drug-likeness (QED) is 0.253. The molecule has 35 heavy (non-hydrogen) atoms. The summed E-state index contributed by atoms with van der Waals surface area (Å²) in [6.45, 7) is 2.82. The predicted octanol–water partition coefficient (Wildman–Crippen LogP) is 7.09. The second-order valence-corrected chi connectivity index (χ2v) is 8.26. The predicted molar refractivity (Wildman–Crippen MR) is 130 cm³/mol. The first-order chi connectivity index (χ1) is 16.8. The molecule has 0 aliphatic heterocycles. The summed E-state index contributed by atoms with van der Waals surface area (Å²) >= 11 is 1.56. The van der Waals surface area contributed by atoms with Gasteiger partial charge in [-0.2, -0.15) is 13.2 Å². The largest absolute Gasteiger partial charge is 0.439 e. The van der Waals surface area contributed by atoms with Crippen LogP contribution >= 0.6 is 11.3 Å². The van der Waals surface area contributed by atoms with Crippen LogP contribution in [0.4, 0.5) is 34.5 Å². The van der Waals surface area contributed by atoms with Crippen molar-refractivity contribution >= 4 is 33.9 Å². The molecule has 2 amide bonds. The number of hydrogen-bond acceptors (Lipinski definition) is 6. The minimum absolute atomic E-state index is 0.0184. The van der Waals surface area contributed by atoms with E-state index in [4.69, 9.17) is 4.74 Å². The van der Waals surface area contributed by atoms with Crippen LogP contribution in [0.5, 0.6) is 11.6 Å². The Balaban J connectivity index is 1.33. The molecule has 2 aromatic carbocycles. The van der Waals surface area contributed by atoms with E-state index in [9.17, 15) is 18.0 Å². The highest BCUT2D eigenvalue weighted by Gasteiger charge is 2.30. The molecule has 0 saturated heterocycles. The monoisotopic (exact) mass is 499 g/mol. The minimum atomic E-state index is -4.49. The molecular formula is C24H20F3N5O2S. The molecule has 0 spiro atoms. The van der Waals surface area contributed by atoms with Gasteiger partial charge in [0.15, 0.2) is 5.13 Å². The number of carbonyl (C=O) groups is 1. The number of benzene rings is 2. The van der Waals surface area contributed by atoms with Gasteiger partial charge in [0.25, 0.3) is 0 Å². The molecule has 0 aliphatic rings. The number of thiazole rings is 1. The van der Waals surface area contributed by atoms with Gasteiger partial charge in [-0.3, -0.25) is 0 Å². The maximum atomic E-state index is 12.8. The molecule has 4 rings (SSSR count). The van der Waals surface area contributed by atoms with Crippen LogP contribution in [-0.2, 0) is 6.18 Å². The Morgan fingerprint density at radius 3 is 2.43 bits per heavy atom. The highest BCUT2D eigenvalue weighted by molar-refractivity contribution is 7.18. The number of anilines is 3. The number of pyridine rings is 1. The number of halogens is 3. The Morgan fingerprint density at radius 2 is 1.74 bits per heavy atom. The Morgan fingerprint density at radius 1 is 0.971 bits per heavy atom. The highest BCUT2D eigenvalue weighted by Crippen LogP contribution is 2.32. The first-order valence-electron chi connectivity index (χ1n) is 10.5. The van der Waals surface area contributed by atoms with E-state index in [1.165, 1.54) is 18.3 Å². The molecule has 0 saturated carbocycles. The summed E-state index contributed by atoms with van der Waals surface area (Å²) in [6.07, 6.45) is -1.30. The van der Waals surface area contributed by atoms with Crippen molar-refractivity contribution in [2.75, 3.05) is 22.5 Å². The molecule has 0 fully saturated rings. The van der Waals surface area contributed by atoms with Crippen molar-refractivity contribution in [2.24, 2.45) is 0 Å². The van der Waals surface area contributed by atoms with Crippen LogP contribution in [-0.4, -0.2) is 22.5 Å². The lowest BCUT2D eigenvalue weighted by molar-refractivity contribution is -0.137. The topological polar surface area (TPSA) is 88.2 Å². The van der Waals surface area contributed by atoms with Gasteiger partial charge in [0.2, 0.25) is 5.88 Å². The summed E-state index contributed by atoms with van der Waals surface area (Å²) in [5.74, 6) is 0.898. The van der Waals surface area contributed by atoms with Gasteiger partial charge in [-0.15, -0.1) is 0 Å². The Bertz CT molecular complexity index is 1290. The van der Waals surface area contributed by atoms with E-state index in [0.717, 1.165) is 34.2 Å². The number of amides is 2. The molecule has 180 valence electrons. The standard InChI is InChI=1S/C24H20F3N5O2S/c1-2-28-23-30-14-20(35-23)15-6-9-19(10-7-15)34-21-11-8-18(13-29-21)32-22(33)31-17-5-3-4-16(12-17)24(25,26)27/h3-14H,2H2,1H3,(H,28,30)(H2,31,32,33). The second-order valence-electron chi connectivity index (χ2n) is 7.23. The third-order valence-electron chi connectivity index (χ3n) is 4.64. The zero-order valence-electron chi connectivity index (χ0n) is 18.4. The lowest BCUT2D eigenvalue weighted by Gasteiger charge is -2.11. The van der Waals surface area contributed by atoms with E-state index in [1.807, 2.05) is 37.4 Å². The van der Waals surface area contributed by atoms with Gasteiger partial charge in [0.05, 0.1) is 22.3 Å². The SMILES string of the molecule is CCNc1ncc(-c2ccc(Oc3ccc(NC(=O)Nc4cccc(C(F)(F)F)c4)cn3)cc2)s1. The van der Waals surface area contributed by atoms with Crippen LogP contribution in [0.15, 0.2) is 73.1 Å². The Kier molecular flexibility index (Phi) is 7.16. The van der Waals surface area contributed by atoms with E-state index in [-0.39, 0.29) is 5.69 Å². The normalized spacial score (nSPS) is 11.1. The lowest BCUT2D eigenvalue weighted by Crippen LogP contribution is -2.19.